The van der Waals surface area contributed by atoms with E-state index in [0.29, 0.717) is 38.5 Å². The zero-order valence-corrected chi connectivity index (χ0v) is 13.3. The molecule has 0 aromatic heterocycles. The molecule has 0 aromatic carbocycles. The van der Waals surface area contributed by atoms with Crippen molar-refractivity contribution < 1.29 is 9.53 Å². The van der Waals surface area contributed by atoms with Crippen molar-refractivity contribution in [2.75, 3.05) is 52.5 Å². The van der Waals surface area contributed by atoms with E-state index in [-0.39, 0.29) is 5.91 Å². The van der Waals surface area contributed by atoms with Crippen molar-refractivity contribution in [1.29, 1.82) is 5.26 Å². The van der Waals surface area contributed by atoms with E-state index in [1.165, 1.54) is 0 Å². The monoisotopic (exact) mass is 296 g/mol. The number of morpholine rings is 1. The number of carbonyl (C=O) groups excluding carboxylic acids is 1. The summed E-state index contributed by atoms with van der Waals surface area (Å²) in [5.74, 6) is 0.131. The van der Waals surface area contributed by atoms with Crippen LogP contribution in [0.25, 0.3) is 0 Å². The molecule has 1 heterocycles. The van der Waals surface area contributed by atoms with Crippen LogP contribution in [0.15, 0.2) is 0 Å². The molecule has 1 amide bonds. The minimum absolute atomic E-state index is 0.131. The number of nitrogens with one attached hydrogen (secondary N) is 1. The Morgan fingerprint density at radius 3 is 2.71 bits per heavy atom. The van der Waals surface area contributed by atoms with Gasteiger partial charge in [0.2, 0.25) is 5.91 Å². The third-order valence-electron chi connectivity index (χ3n) is 3.53. The number of carbonyl (C=O) groups is 1. The van der Waals surface area contributed by atoms with Crippen LogP contribution in [0.4, 0.5) is 0 Å². The Morgan fingerprint density at radius 1 is 1.38 bits per heavy atom. The zero-order valence-electron chi connectivity index (χ0n) is 13.3. The smallest absolute Gasteiger partial charge is 0.223 e. The Labute approximate surface area is 128 Å². The first-order valence-electron chi connectivity index (χ1n) is 7.81. The molecule has 0 aliphatic carbocycles. The van der Waals surface area contributed by atoms with Crippen LogP contribution in [0.3, 0.4) is 0 Å². The fraction of sp³-hybridized carbons (Fsp3) is 0.867. The molecule has 1 rings (SSSR count). The zero-order chi connectivity index (χ0) is 15.5. The number of amides is 1. The lowest BCUT2D eigenvalue weighted by molar-refractivity contribution is -0.131. The predicted octanol–water partition coefficient (Wildman–Crippen LogP) is 0.449. The molecule has 120 valence electrons. The highest BCUT2D eigenvalue weighted by atomic mass is 16.5. The fourth-order valence-corrected chi connectivity index (χ4v) is 2.26. The van der Waals surface area contributed by atoms with Crippen LogP contribution in [-0.4, -0.2) is 74.2 Å². The van der Waals surface area contributed by atoms with Gasteiger partial charge in [-0.15, -0.1) is 0 Å². The summed E-state index contributed by atoms with van der Waals surface area (Å²) >= 11 is 0. The number of ether oxygens (including phenoxy) is 1. The topological polar surface area (TPSA) is 68.6 Å². The highest BCUT2D eigenvalue weighted by Gasteiger charge is 2.16. The van der Waals surface area contributed by atoms with E-state index in [1.807, 2.05) is 4.90 Å². The molecular weight excluding hydrogens is 268 g/mol. The quantitative estimate of drug-likeness (QED) is 0.669. The first-order valence-corrected chi connectivity index (χ1v) is 7.81. The molecule has 1 saturated heterocycles. The number of hydrogen-bond acceptors (Lipinski definition) is 5. The van der Waals surface area contributed by atoms with Crippen LogP contribution in [0.1, 0.15) is 26.7 Å². The maximum Gasteiger partial charge on any atom is 0.223 e. The molecule has 1 aliphatic rings. The average Bonchev–Trinajstić information content (AvgIpc) is 2.48. The van der Waals surface area contributed by atoms with E-state index in [9.17, 15) is 4.79 Å². The molecule has 1 N–H and O–H groups in total. The number of hydrogen-bond donors (Lipinski definition) is 1. The summed E-state index contributed by atoms with van der Waals surface area (Å²) in [6, 6.07) is 2.51. The molecule has 1 aliphatic heterocycles. The van der Waals surface area contributed by atoms with Gasteiger partial charge in [-0.3, -0.25) is 9.69 Å². The van der Waals surface area contributed by atoms with Crippen LogP contribution in [0, 0.1) is 11.3 Å². The Hall–Kier alpha value is -1.16. The molecule has 0 saturated carbocycles. The van der Waals surface area contributed by atoms with E-state index in [0.717, 1.165) is 32.8 Å². The van der Waals surface area contributed by atoms with E-state index >= 15 is 0 Å². The largest absolute Gasteiger partial charge is 0.379 e. The molecule has 0 spiro atoms. The Bertz CT molecular complexity index is 335. The SMILES string of the molecule is CC(C)NCCC(=O)N(CCC#N)CCN1CCOCC1. The first-order chi connectivity index (χ1) is 10.1. The normalized spacial score (nSPS) is 15.9. The van der Waals surface area contributed by atoms with Crippen molar-refractivity contribution >= 4 is 5.91 Å². The maximum atomic E-state index is 12.2. The second kappa shape index (κ2) is 10.6. The molecule has 6 nitrogen and oxygen atoms in total. The van der Waals surface area contributed by atoms with Crippen molar-refractivity contribution in [2.45, 2.75) is 32.7 Å². The standard InChI is InChI=1S/C15H28N4O2/c1-14(2)17-6-4-15(20)19(7-3-5-16)9-8-18-10-12-21-13-11-18/h14,17H,3-4,6-13H2,1-2H3. The lowest BCUT2D eigenvalue weighted by Gasteiger charge is -2.30. The maximum absolute atomic E-state index is 12.2. The second-order valence-corrected chi connectivity index (χ2v) is 5.60. The summed E-state index contributed by atoms with van der Waals surface area (Å²) in [5.41, 5.74) is 0. The van der Waals surface area contributed by atoms with Gasteiger partial charge >= 0.3 is 0 Å². The first kappa shape index (κ1) is 17.9. The van der Waals surface area contributed by atoms with E-state index < -0.39 is 0 Å². The molecule has 0 bridgehead atoms. The van der Waals surface area contributed by atoms with Gasteiger partial charge in [0.05, 0.1) is 25.7 Å². The van der Waals surface area contributed by atoms with Gasteiger partial charge in [0, 0.05) is 51.7 Å². The molecular formula is C15H28N4O2. The van der Waals surface area contributed by atoms with Crippen LogP contribution in [0.2, 0.25) is 0 Å². The minimum atomic E-state index is 0.131. The minimum Gasteiger partial charge on any atom is -0.379 e. The summed E-state index contributed by atoms with van der Waals surface area (Å²) < 4.78 is 5.32. The highest BCUT2D eigenvalue weighted by Crippen LogP contribution is 2.01. The molecule has 0 aromatic rings. The van der Waals surface area contributed by atoms with Crippen molar-refractivity contribution in [3.8, 4) is 6.07 Å². The molecule has 0 radical (unpaired) electrons. The summed E-state index contributed by atoms with van der Waals surface area (Å²) in [6.45, 7) is 10.3. The summed E-state index contributed by atoms with van der Waals surface area (Å²) in [7, 11) is 0. The molecule has 21 heavy (non-hydrogen) atoms. The lowest BCUT2D eigenvalue weighted by Crippen LogP contribution is -2.44. The predicted molar refractivity (Wildman–Crippen MR) is 81.8 cm³/mol. The van der Waals surface area contributed by atoms with Crippen molar-refractivity contribution in [2.24, 2.45) is 0 Å². The van der Waals surface area contributed by atoms with Gasteiger partial charge in [-0.2, -0.15) is 5.26 Å². The summed E-state index contributed by atoms with van der Waals surface area (Å²) in [5, 5.41) is 12.0. The van der Waals surface area contributed by atoms with E-state index in [1.54, 1.807) is 0 Å². The van der Waals surface area contributed by atoms with Crippen LogP contribution in [-0.2, 0) is 9.53 Å². The number of rotatable bonds is 9. The Balaban J connectivity index is 2.34. The van der Waals surface area contributed by atoms with Crippen molar-refractivity contribution in [1.82, 2.24) is 15.1 Å². The molecule has 6 heteroatoms. The van der Waals surface area contributed by atoms with Gasteiger partial charge in [0.15, 0.2) is 0 Å². The molecule has 1 fully saturated rings. The van der Waals surface area contributed by atoms with Crippen LogP contribution >= 0.6 is 0 Å². The van der Waals surface area contributed by atoms with Crippen LogP contribution < -0.4 is 5.32 Å². The van der Waals surface area contributed by atoms with E-state index in [4.69, 9.17) is 10.00 Å². The lowest BCUT2D eigenvalue weighted by atomic mass is 10.3. The van der Waals surface area contributed by atoms with Gasteiger partial charge in [-0.05, 0) is 0 Å². The van der Waals surface area contributed by atoms with Gasteiger partial charge in [-0.1, -0.05) is 13.8 Å². The molecule has 0 unspecified atom stereocenters. The average molecular weight is 296 g/mol. The van der Waals surface area contributed by atoms with Gasteiger partial charge in [0.1, 0.15) is 0 Å². The Kier molecular flexibility index (Phi) is 8.99. The van der Waals surface area contributed by atoms with Gasteiger partial charge in [-0.25, -0.2) is 0 Å². The third-order valence-corrected chi connectivity index (χ3v) is 3.53. The number of nitriles is 1. The molecule has 0 atom stereocenters. The number of nitrogens with zero attached hydrogens (tertiary/aromatic N) is 3. The summed E-state index contributed by atoms with van der Waals surface area (Å²) in [6.07, 6.45) is 0.888. The fourth-order valence-electron chi connectivity index (χ4n) is 2.26. The third kappa shape index (κ3) is 8.00. The highest BCUT2D eigenvalue weighted by molar-refractivity contribution is 5.76. The Morgan fingerprint density at radius 2 is 2.10 bits per heavy atom. The van der Waals surface area contributed by atoms with E-state index in [2.05, 4.69) is 30.1 Å². The van der Waals surface area contributed by atoms with Crippen molar-refractivity contribution in [3.63, 3.8) is 0 Å². The van der Waals surface area contributed by atoms with Gasteiger partial charge < -0.3 is 15.0 Å². The summed E-state index contributed by atoms with van der Waals surface area (Å²) in [4.78, 5) is 16.4. The van der Waals surface area contributed by atoms with Gasteiger partial charge in [0.25, 0.3) is 0 Å². The second-order valence-electron chi connectivity index (χ2n) is 5.60. The van der Waals surface area contributed by atoms with Crippen LogP contribution in [0.5, 0.6) is 0 Å². The van der Waals surface area contributed by atoms with Crippen molar-refractivity contribution in [3.05, 3.63) is 0 Å².